The molecule has 0 aliphatic carbocycles. The van der Waals surface area contributed by atoms with Gasteiger partial charge >= 0.3 is 11.9 Å². The number of quaternary nitrogens is 1. The lowest BCUT2D eigenvalue weighted by Gasteiger charge is -2.34. The molecule has 0 heterocycles. The Kier molecular flexibility index (Phi) is 48.4. The number of esters is 2. The second-order valence-electron chi connectivity index (χ2n) is 19.4. The highest BCUT2D eigenvalue weighted by atomic mass is 16.6. The molecule has 0 fully saturated rings. The van der Waals surface area contributed by atoms with Crippen molar-refractivity contribution in [1.82, 2.24) is 0 Å². The van der Waals surface area contributed by atoms with Crippen molar-refractivity contribution in [3.05, 3.63) is 109 Å². The molecule has 8 heteroatoms. The molecule has 0 rings (SSSR count). The van der Waals surface area contributed by atoms with Gasteiger partial charge in [0.1, 0.15) is 12.6 Å². The summed E-state index contributed by atoms with van der Waals surface area (Å²) in [6.07, 6.45) is 71.3. The molecular weight excluding hydrogens is 871 g/mol. The first-order valence-corrected chi connectivity index (χ1v) is 27.9. The van der Waals surface area contributed by atoms with Gasteiger partial charge in [-0.2, -0.15) is 0 Å². The van der Waals surface area contributed by atoms with Crippen LogP contribution >= 0.6 is 0 Å². The molecule has 0 saturated heterocycles. The number of rotatable bonds is 49. The topological polar surface area (TPSA) is 102 Å². The summed E-state index contributed by atoms with van der Waals surface area (Å²) in [4.78, 5) is 37.2. The molecule has 0 aromatic carbocycles. The van der Waals surface area contributed by atoms with E-state index in [1.54, 1.807) is 21.1 Å². The zero-order chi connectivity index (χ0) is 51.3. The minimum Gasteiger partial charge on any atom is -0.544 e. The molecule has 8 nitrogen and oxygen atoms in total. The number of hydrogen-bond acceptors (Lipinski definition) is 7. The minimum atomic E-state index is -1.13. The molecule has 0 aromatic rings. The Balaban J connectivity index is 4.26. The lowest BCUT2D eigenvalue weighted by molar-refractivity contribution is -0.889. The molecule has 0 N–H and O–H groups in total. The van der Waals surface area contributed by atoms with E-state index in [-0.39, 0.29) is 49.1 Å². The van der Waals surface area contributed by atoms with Crippen molar-refractivity contribution in [2.24, 2.45) is 0 Å². The Labute approximate surface area is 429 Å². The predicted octanol–water partition coefficient (Wildman–Crippen LogP) is 15.4. The highest BCUT2D eigenvalue weighted by molar-refractivity contribution is 5.70. The van der Waals surface area contributed by atoms with Crippen LogP contribution in [0.3, 0.4) is 0 Å². The fraction of sp³-hybridized carbons (Fsp3) is 0.661. The van der Waals surface area contributed by atoms with Gasteiger partial charge in [0.05, 0.1) is 40.3 Å². The number of carbonyl (C=O) groups is 3. The molecule has 0 radical (unpaired) electrons. The van der Waals surface area contributed by atoms with Gasteiger partial charge in [-0.05, 0) is 96.3 Å². The molecular formula is C62H103NO7. The average molecular weight is 975 g/mol. The zero-order valence-electron chi connectivity index (χ0n) is 45.4. The van der Waals surface area contributed by atoms with Crippen LogP contribution in [0.1, 0.15) is 213 Å². The van der Waals surface area contributed by atoms with E-state index in [0.29, 0.717) is 6.42 Å². The van der Waals surface area contributed by atoms with E-state index >= 15 is 0 Å². The zero-order valence-corrected chi connectivity index (χ0v) is 45.4. The Morgan fingerprint density at radius 2 is 0.757 bits per heavy atom. The summed E-state index contributed by atoms with van der Waals surface area (Å²) in [6.45, 7) is 4.42. The van der Waals surface area contributed by atoms with Crippen LogP contribution in [0.2, 0.25) is 0 Å². The molecule has 0 spiro atoms. The fourth-order valence-electron chi connectivity index (χ4n) is 7.68. The summed E-state index contributed by atoms with van der Waals surface area (Å²) in [5, 5.41) is 11.7. The molecule has 0 aliphatic rings. The van der Waals surface area contributed by atoms with Crippen LogP contribution in [0.15, 0.2) is 109 Å². The predicted molar refractivity (Wildman–Crippen MR) is 295 cm³/mol. The van der Waals surface area contributed by atoms with Crippen LogP contribution in [-0.4, -0.2) is 75.5 Å². The fourth-order valence-corrected chi connectivity index (χ4v) is 7.68. The lowest BCUT2D eigenvalue weighted by Crippen LogP contribution is -2.55. The van der Waals surface area contributed by atoms with Crippen molar-refractivity contribution >= 4 is 17.9 Å². The number of carbonyl (C=O) groups excluding carboxylic acids is 3. The van der Waals surface area contributed by atoms with Gasteiger partial charge in [0.25, 0.3) is 0 Å². The van der Waals surface area contributed by atoms with Gasteiger partial charge in [-0.3, -0.25) is 9.59 Å². The number of hydrogen-bond donors (Lipinski definition) is 0. The van der Waals surface area contributed by atoms with E-state index in [0.717, 1.165) is 109 Å². The van der Waals surface area contributed by atoms with Gasteiger partial charge in [-0.25, -0.2) is 0 Å². The van der Waals surface area contributed by atoms with Crippen molar-refractivity contribution in [1.29, 1.82) is 0 Å². The van der Waals surface area contributed by atoms with E-state index in [1.165, 1.54) is 70.6 Å². The molecule has 0 aliphatic heterocycles. The van der Waals surface area contributed by atoms with Gasteiger partial charge in [-0.1, -0.05) is 207 Å². The standard InChI is InChI=1S/C62H103NO7/c1-6-8-10-12-14-16-18-20-22-24-26-28-30-32-34-36-38-40-42-44-46-48-50-52-60(64)69-57-58(56-68-55-54-59(62(66)67)63(3,4)5)70-61(65)53-51-49-47-45-43-41-39-37-35-33-31-29-27-25-23-21-19-17-15-13-11-9-7-2/h8-11,14-17,20-23,27,29,33,35,39,41,58-59H,6-7,12-13,18-19,24-26,28,30-32,34,36-38,40,42-57H2,1-5H3/b10-8+,11-9+,16-14+,17-15+,22-20+,23-21+,29-27+,35-33+,41-39+. The normalized spacial score (nSPS) is 13.7. The summed E-state index contributed by atoms with van der Waals surface area (Å²) < 4.78 is 17.3. The maximum Gasteiger partial charge on any atom is 0.306 e. The Bertz CT molecular complexity index is 1510. The van der Waals surface area contributed by atoms with Crippen LogP contribution in [0, 0.1) is 0 Å². The quantitative estimate of drug-likeness (QED) is 0.0259. The second kappa shape index (κ2) is 51.3. The highest BCUT2D eigenvalue weighted by Crippen LogP contribution is 2.15. The van der Waals surface area contributed by atoms with Crippen LogP contribution in [0.5, 0.6) is 0 Å². The molecule has 398 valence electrons. The summed E-state index contributed by atoms with van der Waals surface area (Å²) in [7, 11) is 5.40. The van der Waals surface area contributed by atoms with Crippen LogP contribution < -0.4 is 5.11 Å². The molecule has 0 saturated carbocycles. The average Bonchev–Trinajstić information content (AvgIpc) is 3.33. The molecule has 0 amide bonds. The molecule has 2 unspecified atom stereocenters. The van der Waals surface area contributed by atoms with Crippen molar-refractivity contribution in [2.45, 2.75) is 225 Å². The van der Waals surface area contributed by atoms with Gasteiger partial charge in [0.15, 0.2) is 6.10 Å². The first-order valence-electron chi connectivity index (χ1n) is 27.9. The molecule has 70 heavy (non-hydrogen) atoms. The number of allylic oxidation sites excluding steroid dienone is 18. The SMILES string of the molecule is CC/C=C/C/C=C/C/C=C/C/C=C/C/C=C/C/C=C/CCCCCCC(=O)OC(COCCC(C(=O)[O-])[N+](C)(C)C)COC(=O)CCCCCCCCCCCCCCC/C=C/C/C=C/C/C=C/CC. The third-order valence-electron chi connectivity index (χ3n) is 11.9. The Morgan fingerprint density at radius 1 is 0.429 bits per heavy atom. The summed E-state index contributed by atoms with van der Waals surface area (Å²) in [6, 6.07) is -0.738. The van der Waals surface area contributed by atoms with E-state index in [1.807, 2.05) is 0 Å². The van der Waals surface area contributed by atoms with E-state index in [9.17, 15) is 19.5 Å². The summed E-state index contributed by atoms with van der Waals surface area (Å²) in [5.74, 6) is -1.78. The van der Waals surface area contributed by atoms with Crippen LogP contribution in [0.4, 0.5) is 0 Å². The third-order valence-corrected chi connectivity index (χ3v) is 11.9. The van der Waals surface area contributed by atoms with Crippen molar-refractivity contribution in [3.8, 4) is 0 Å². The maximum absolute atomic E-state index is 12.8. The lowest BCUT2D eigenvalue weighted by atomic mass is 10.0. The monoisotopic (exact) mass is 974 g/mol. The van der Waals surface area contributed by atoms with Gasteiger partial charge in [0.2, 0.25) is 0 Å². The van der Waals surface area contributed by atoms with Gasteiger partial charge in [-0.15, -0.1) is 0 Å². The van der Waals surface area contributed by atoms with E-state index in [2.05, 4.69) is 123 Å². The van der Waals surface area contributed by atoms with Gasteiger partial charge in [0, 0.05) is 19.3 Å². The van der Waals surface area contributed by atoms with Crippen molar-refractivity contribution in [3.63, 3.8) is 0 Å². The number of nitrogens with zero attached hydrogens (tertiary/aromatic N) is 1. The van der Waals surface area contributed by atoms with Crippen LogP contribution in [0.25, 0.3) is 0 Å². The Morgan fingerprint density at radius 3 is 1.11 bits per heavy atom. The van der Waals surface area contributed by atoms with E-state index < -0.39 is 18.1 Å². The summed E-state index contributed by atoms with van der Waals surface area (Å²) in [5.41, 5.74) is 0. The van der Waals surface area contributed by atoms with Gasteiger partial charge < -0.3 is 28.6 Å². The number of unbranched alkanes of at least 4 members (excludes halogenated alkanes) is 17. The number of likely N-dealkylation sites (N-methyl/N-ethyl adjacent to an activating group) is 1. The third kappa shape index (κ3) is 49.0. The first kappa shape index (κ1) is 66.0. The van der Waals surface area contributed by atoms with E-state index in [4.69, 9.17) is 14.2 Å². The smallest absolute Gasteiger partial charge is 0.306 e. The first-order chi connectivity index (χ1) is 34.1. The number of ether oxygens (including phenoxy) is 3. The van der Waals surface area contributed by atoms with Crippen LogP contribution in [-0.2, 0) is 28.6 Å². The highest BCUT2D eigenvalue weighted by Gasteiger charge is 2.25. The minimum absolute atomic E-state index is 0.0239. The molecule has 0 bridgehead atoms. The summed E-state index contributed by atoms with van der Waals surface area (Å²) >= 11 is 0. The molecule has 0 aromatic heterocycles. The van der Waals surface area contributed by atoms with Crippen molar-refractivity contribution < 1.29 is 38.2 Å². The molecule has 2 atom stereocenters. The number of carboxylic acid groups (broad SMARTS) is 1. The largest absolute Gasteiger partial charge is 0.544 e. The second-order valence-corrected chi connectivity index (χ2v) is 19.4. The Hall–Kier alpha value is -4.01. The number of aliphatic carboxylic acids is 1. The van der Waals surface area contributed by atoms with Crippen molar-refractivity contribution in [2.75, 3.05) is 41.0 Å². The maximum atomic E-state index is 12.8. The number of carboxylic acids is 1.